The molecule has 0 amide bonds. The number of thioether (sulfide) groups is 7. The van der Waals surface area contributed by atoms with Crippen molar-refractivity contribution < 1.29 is 61.5 Å². The van der Waals surface area contributed by atoms with Crippen molar-refractivity contribution >= 4 is 182 Å². The lowest BCUT2D eigenvalue weighted by Gasteiger charge is -2.52. The Bertz CT molecular complexity index is 1290. The highest BCUT2D eigenvalue weighted by Crippen LogP contribution is 2.70. The number of halogens is 19. The molecule has 428 valence electrons. The van der Waals surface area contributed by atoms with Crippen molar-refractivity contribution in [3.05, 3.63) is 0 Å². The highest BCUT2D eigenvalue weighted by molar-refractivity contribution is 14.1. The maximum absolute atomic E-state index is 17.7. The normalized spacial score (nSPS) is 16.3. The molecular weight excluding hydrogens is 1430 g/mol. The molecule has 4 atom stereocenters. The average Bonchev–Trinajstić information content (AvgIpc) is 3.31. The fraction of sp³-hybridized carbons (Fsp3) is 1.00. The zero-order valence-electron chi connectivity index (χ0n) is 39.5. The minimum absolute atomic E-state index is 0.107. The van der Waals surface area contributed by atoms with Gasteiger partial charge in [-0.1, -0.05) is 102 Å². The second-order valence-electron chi connectivity index (χ2n) is 16.0. The van der Waals surface area contributed by atoms with E-state index in [0.717, 1.165) is 55.1 Å². The Hall–Kier alpha value is 4.44. The SMILES string of the molecule is FCCCCCSC(SCCCCCCl)(SSCCCCCI)C(SCCCCCl)(SCCCCBr)C(CCC(F)(SCCCCCBr)SC(F)(F)C(F)(F)C(F)(F)C(F)(F)C(F)(F)F)SCCCCF. The smallest absolute Gasteiger partial charge is 0.251 e. The van der Waals surface area contributed by atoms with E-state index in [0.29, 0.717) is 109 Å². The van der Waals surface area contributed by atoms with Crippen LogP contribution in [0.15, 0.2) is 0 Å². The van der Waals surface area contributed by atoms with Gasteiger partial charge in [-0.3, -0.25) is 8.78 Å². The molecule has 0 heterocycles. The Morgan fingerprint density at radius 2 is 0.901 bits per heavy atom. The minimum atomic E-state index is -7.68. The van der Waals surface area contributed by atoms with Crippen molar-refractivity contribution in [1.82, 2.24) is 0 Å². The summed E-state index contributed by atoms with van der Waals surface area (Å²) in [6.45, 7) is -1.15. The lowest BCUT2D eigenvalue weighted by atomic mass is 10.0. The van der Waals surface area contributed by atoms with Gasteiger partial charge in [0.25, 0.3) is 0 Å². The number of alkyl halides is 19. The van der Waals surface area contributed by atoms with Crippen molar-refractivity contribution in [3.63, 3.8) is 0 Å². The predicted octanol–water partition coefficient (Wildman–Crippen LogP) is 22.3. The third-order valence-electron chi connectivity index (χ3n) is 10.1. The summed E-state index contributed by atoms with van der Waals surface area (Å²) in [6.07, 6.45) is 2.36. The Labute approximate surface area is 492 Å². The van der Waals surface area contributed by atoms with Crippen LogP contribution >= 0.6 is 182 Å². The van der Waals surface area contributed by atoms with E-state index in [1.54, 1.807) is 68.6 Å². The minimum Gasteiger partial charge on any atom is -0.251 e. The predicted molar refractivity (Wildman–Crippen MR) is 314 cm³/mol. The number of rotatable bonds is 50. The van der Waals surface area contributed by atoms with E-state index in [1.807, 2.05) is 0 Å². The molecule has 4 unspecified atom stereocenters. The van der Waals surface area contributed by atoms with E-state index in [2.05, 4.69) is 54.5 Å². The Morgan fingerprint density at radius 1 is 0.465 bits per heavy atom. The first-order valence-electron chi connectivity index (χ1n) is 23.5. The molecular formula is C43H69Br2Cl2F14IS9. The van der Waals surface area contributed by atoms with Gasteiger partial charge in [-0.15, -0.1) is 82.0 Å². The number of hydrogen-bond donors (Lipinski definition) is 0. The number of unbranched alkanes of at least 4 members (excludes halogenated alkanes) is 11. The molecule has 0 aromatic heterocycles. The standard InChI is InChI=1S/C43H69Br2Cl2F14IS9/c44-21-5-1-12-29-64-36(50,70-42(60,61)40(55,56)38(51,52)39(53,54)41(57,58)59)20-19-35(63-28-18-10-26-49)37(65-30-16-6-22-45,66-31-17-8-24-47)43(67-32-13-2-7-23-46,68-33-14-3-9-25-48)71-69-34-15-4-11-27-62/h35H,1-34H2. The van der Waals surface area contributed by atoms with E-state index < -0.39 is 77.8 Å². The fourth-order valence-electron chi connectivity index (χ4n) is 6.18. The van der Waals surface area contributed by atoms with Gasteiger partial charge in [-0.2, -0.15) is 60.1 Å². The van der Waals surface area contributed by atoms with Crippen LogP contribution in [0.4, 0.5) is 61.5 Å². The molecule has 0 nitrogen and oxygen atoms in total. The van der Waals surface area contributed by atoms with E-state index in [-0.39, 0.29) is 36.8 Å². The molecule has 0 radical (unpaired) electrons. The molecule has 0 aromatic carbocycles. The average molecular weight is 1500 g/mol. The van der Waals surface area contributed by atoms with Crippen molar-refractivity contribution in [2.24, 2.45) is 0 Å². The first-order valence-corrected chi connectivity index (χ1v) is 37.4. The van der Waals surface area contributed by atoms with Gasteiger partial charge in [0.05, 0.1) is 13.3 Å². The van der Waals surface area contributed by atoms with Crippen LogP contribution < -0.4 is 0 Å². The summed E-state index contributed by atoms with van der Waals surface area (Å²) in [5.41, 5.74) is 0. The third kappa shape index (κ3) is 26.9. The van der Waals surface area contributed by atoms with Gasteiger partial charge < -0.3 is 0 Å². The Morgan fingerprint density at radius 3 is 1.44 bits per heavy atom. The van der Waals surface area contributed by atoms with Gasteiger partial charge in [0, 0.05) is 39.8 Å². The van der Waals surface area contributed by atoms with Crippen LogP contribution in [0.1, 0.15) is 128 Å². The van der Waals surface area contributed by atoms with Gasteiger partial charge in [-0.05, 0) is 147 Å². The monoisotopic (exact) mass is 1490 g/mol. The van der Waals surface area contributed by atoms with Crippen molar-refractivity contribution in [2.75, 3.05) is 80.5 Å². The summed E-state index contributed by atoms with van der Waals surface area (Å²) in [4.78, 5) is 0. The fourth-order valence-corrected chi connectivity index (χ4v) is 25.9. The Balaban J connectivity index is 8.35. The first-order chi connectivity index (χ1) is 33.5. The van der Waals surface area contributed by atoms with E-state index >= 15 is 22.0 Å². The van der Waals surface area contributed by atoms with Crippen LogP contribution in [0.2, 0.25) is 0 Å². The lowest BCUT2D eigenvalue weighted by Crippen LogP contribution is -2.66. The van der Waals surface area contributed by atoms with Crippen molar-refractivity contribution in [3.8, 4) is 0 Å². The van der Waals surface area contributed by atoms with Crippen LogP contribution in [0, 0.1) is 0 Å². The van der Waals surface area contributed by atoms with Gasteiger partial charge in [0.15, 0.2) is 0 Å². The molecule has 0 rings (SSSR count). The molecule has 0 aromatic rings. The maximum atomic E-state index is 17.7. The lowest BCUT2D eigenvalue weighted by molar-refractivity contribution is -0.412. The van der Waals surface area contributed by atoms with E-state index in [1.165, 1.54) is 11.8 Å². The summed E-state index contributed by atoms with van der Waals surface area (Å²) in [5.74, 6) is -18.9. The van der Waals surface area contributed by atoms with Crippen LogP contribution in [0.5, 0.6) is 0 Å². The first kappa shape index (κ1) is 75.4. The van der Waals surface area contributed by atoms with Crippen LogP contribution in [-0.2, 0) is 0 Å². The van der Waals surface area contributed by atoms with E-state index in [4.69, 9.17) is 23.2 Å². The maximum Gasteiger partial charge on any atom is 0.460 e. The molecule has 0 N–H and O–H groups in total. The van der Waals surface area contributed by atoms with Gasteiger partial charge in [0.1, 0.15) is 7.49 Å². The summed E-state index contributed by atoms with van der Waals surface area (Å²) < 4.78 is 199. The summed E-state index contributed by atoms with van der Waals surface area (Å²) in [7, 11) is 3.32. The molecule has 0 aliphatic carbocycles. The highest BCUT2D eigenvalue weighted by atomic mass is 127. The summed E-state index contributed by atoms with van der Waals surface area (Å²) >= 11 is 27.7. The second kappa shape index (κ2) is 41.4. The largest absolute Gasteiger partial charge is 0.460 e. The van der Waals surface area contributed by atoms with Gasteiger partial charge in [-0.25, -0.2) is 4.39 Å². The molecule has 0 saturated carbocycles. The zero-order valence-corrected chi connectivity index (χ0v) is 53.7. The summed E-state index contributed by atoms with van der Waals surface area (Å²) in [5, 5.41) is -6.05. The molecule has 71 heavy (non-hydrogen) atoms. The van der Waals surface area contributed by atoms with E-state index in [9.17, 15) is 39.5 Å². The zero-order chi connectivity index (χ0) is 54.0. The summed E-state index contributed by atoms with van der Waals surface area (Å²) in [6, 6.07) is 0. The molecule has 0 fully saturated rings. The molecule has 0 spiro atoms. The van der Waals surface area contributed by atoms with Crippen molar-refractivity contribution in [2.45, 2.75) is 175 Å². The van der Waals surface area contributed by atoms with Crippen LogP contribution in [0.25, 0.3) is 0 Å². The van der Waals surface area contributed by atoms with Crippen LogP contribution in [-0.4, -0.2) is 127 Å². The molecule has 0 aliphatic heterocycles. The molecule has 0 saturated heterocycles. The second-order valence-corrected chi connectivity index (χ2v) is 32.6. The highest BCUT2D eigenvalue weighted by Gasteiger charge is 2.88. The third-order valence-corrected chi connectivity index (χ3v) is 29.3. The Kier molecular flexibility index (Phi) is 44.0. The molecule has 0 aliphatic rings. The van der Waals surface area contributed by atoms with Gasteiger partial charge >= 0.3 is 29.2 Å². The number of hydrogen-bond acceptors (Lipinski definition) is 9. The molecule has 28 heteroatoms. The van der Waals surface area contributed by atoms with Crippen LogP contribution in [0.3, 0.4) is 0 Å². The van der Waals surface area contributed by atoms with Gasteiger partial charge in [0.2, 0.25) is 4.33 Å². The van der Waals surface area contributed by atoms with Crippen molar-refractivity contribution in [1.29, 1.82) is 0 Å². The topological polar surface area (TPSA) is 0 Å². The molecule has 0 bridgehead atoms. The quantitative estimate of drug-likeness (QED) is 0.0145.